The molecule has 4 aromatic rings. The molecule has 0 atom stereocenters. The summed E-state index contributed by atoms with van der Waals surface area (Å²) in [6, 6.07) is 11.8. The number of nitrogens with zero attached hydrogens (tertiary/aromatic N) is 4. The summed E-state index contributed by atoms with van der Waals surface area (Å²) in [6.45, 7) is 4.44. The van der Waals surface area contributed by atoms with Gasteiger partial charge < -0.3 is 0 Å². The molecule has 0 radical (unpaired) electrons. The number of hydrogen-bond acceptors (Lipinski definition) is 3. The lowest BCUT2D eigenvalue weighted by Crippen LogP contribution is -2.25. The van der Waals surface area contributed by atoms with Crippen LogP contribution in [-0.2, 0) is 12.7 Å². The number of benzene rings is 2. The molecule has 0 N–H and O–H groups in total. The topological polar surface area (TPSA) is 52.2 Å². The predicted octanol–water partition coefficient (Wildman–Crippen LogP) is 4.39. The largest absolute Gasteiger partial charge is 0.416 e. The minimum Gasteiger partial charge on any atom is -0.276 e. The van der Waals surface area contributed by atoms with E-state index in [0.29, 0.717) is 34.6 Å². The monoisotopic (exact) mass is 386 g/mol. The standard InChI is InChI=1S/C20H17F3N4O/c1-12(2)11-26-18(28)15-5-3-4-6-16(15)27-17(24-25-19(26)27)13-7-9-14(10-8-13)20(21,22)23/h3-10,12H,11H2,1-2H3. The summed E-state index contributed by atoms with van der Waals surface area (Å²) in [5.74, 6) is 0.957. The van der Waals surface area contributed by atoms with E-state index in [-0.39, 0.29) is 11.5 Å². The molecule has 2 aromatic carbocycles. The van der Waals surface area contributed by atoms with Crippen LogP contribution in [0.3, 0.4) is 0 Å². The lowest BCUT2D eigenvalue weighted by molar-refractivity contribution is -0.137. The van der Waals surface area contributed by atoms with E-state index in [4.69, 9.17) is 0 Å². The second kappa shape index (κ2) is 6.47. The Morgan fingerprint density at radius 1 is 1.00 bits per heavy atom. The fourth-order valence-electron chi connectivity index (χ4n) is 3.28. The van der Waals surface area contributed by atoms with Crippen LogP contribution >= 0.6 is 0 Å². The van der Waals surface area contributed by atoms with E-state index in [1.54, 1.807) is 33.2 Å². The minimum absolute atomic E-state index is 0.164. The first kappa shape index (κ1) is 18.2. The summed E-state index contributed by atoms with van der Waals surface area (Å²) in [4.78, 5) is 12.9. The molecule has 0 aliphatic heterocycles. The van der Waals surface area contributed by atoms with Gasteiger partial charge in [-0.05, 0) is 30.2 Å². The first-order valence-corrected chi connectivity index (χ1v) is 8.81. The maximum atomic E-state index is 12.9. The van der Waals surface area contributed by atoms with Crippen LogP contribution in [-0.4, -0.2) is 19.2 Å². The van der Waals surface area contributed by atoms with Gasteiger partial charge >= 0.3 is 6.18 Å². The van der Waals surface area contributed by atoms with Crippen LogP contribution in [0.15, 0.2) is 53.3 Å². The zero-order chi connectivity index (χ0) is 20.1. The lowest BCUT2D eigenvalue weighted by atomic mass is 10.1. The van der Waals surface area contributed by atoms with Crippen molar-refractivity contribution in [3.8, 4) is 11.4 Å². The van der Waals surface area contributed by atoms with Gasteiger partial charge in [0.25, 0.3) is 5.56 Å². The van der Waals surface area contributed by atoms with Crippen LogP contribution in [0.25, 0.3) is 28.1 Å². The average Bonchev–Trinajstić information content (AvgIpc) is 3.09. The molecule has 0 saturated carbocycles. The van der Waals surface area contributed by atoms with Crippen LogP contribution in [0.5, 0.6) is 0 Å². The van der Waals surface area contributed by atoms with E-state index in [1.165, 1.54) is 12.1 Å². The van der Waals surface area contributed by atoms with Crippen LogP contribution < -0.4 is 5.56 Å². The van der Waals surface area contributed by atoms with Gasteiger partial charge in [-0.25, -0.2) is 0 Å². The number of halogens is 3. The van der Waals surface area contributed by atoms with Gasteiger partial charge in [0, 0.05) is 12.1 Å². The molecule has 0 aliphatic carbocycles. The molecule has 0 fully saturated rings. The quantitative estimate of drug-likeness (QED) is 0.525. The summed E-state index contributed by atoms with van der Waals surface area (Å²) in [5, 5.41) is 8.88. The second-order valence-electron chi connectivity index (χ2n) is 7.06. The lowest BCUT2D eigenvalue weighted by Gasteiger charge is -2.13. The molecule has 2 aromatic heterocycles. The van der Waals surface area contributed by atoms with E-state index in [0.717, 1.165) is 12.1 Å². The summed E-state index contributed by atoms with van der Waals surface area (Å²) in [5.41, 5.74) is 0.206. The molecule has 0 aliphatic rings. The van der Waals surface area contributed by atoms with Gasteiger partial charge in [-0.3, -0.25) is 13.8 Å². The van der Waals surface area contributed by atoms with Crippen molar-refractivity contribution in [3.05, 3.63) is 64.4 Å². The van der Waals surface area contributed by atoms with Crippen LogP contribution in [0, 0.1) is 5.92 Å². The SMILES string of the molecule is CC(C)Cn1c(=O)c2ccccc2n2c(-c3ccc(C(F)(F)F)cc3)nnc12. The highest BCUT2D eigenvalue weighted by Gasteiger charge is 2.30. The molecule has 0 amide bonds. The van der Waals surface area contributed by atoms with Gasteiger partial charge in [-0.1, -0.05) is 38.1 Å². The Hall–Kier alpha value is -3.16. The molecule has 28 heavy (non-hydrogen) atoms. The summed E-state index contributed by atoms with van der Waals surface area (Å²) >= 11 is 0. The Kier molecular flexibility index (Phi) is 4.21. The smallest absolute Gasteiger partial charge is 0.276 e. The van der Waals surface area contributed by atoms with E-state index in [9.17, 15) is 18.0 Å². The fourth-order valence-corrected chi connectivity index (χ4v) is 3.28. The first-order chi connectivity index (χ1) is 13.3. The summed E-state index contributed by atoms with van der Waals surface area (Å²) in [7, 11) is 0. The molecule has 0 unspecified atom stereocenters. The zero-order valence-electron chi connectivity index (χ0n) is 15.2. The second-order valence-corrected chi connectivity index (χ2v) is 7.06. The van der Waals surface area contributed by atoms with Crippen molar-refractivity contribution in [2.45, 2.75) is 26.6 Å². The third-order valence-corrected chi connectivity index (χ3v) is 4.53. The number of rotatable bonds is 3. The van der Waals surface area contributed by atoms with Crippen LogP contribution in [0.4, 0.5) is 13.2 Å². The molecular weight excluding hydrogens is 369 g/mol. The Balaban J connectivity index is 2.01. The molecule has 2 heterocycles. The van der Waals surface area contributed by atoms with Gasteiger partial charge in [0.1, 0.15) is 0 Å². The molecule has 0 bridgehead atoms. The number of para-hydroxylation sites is 1. The van der Waals surface area contributed by atoms with Gasteiger partial charge in [0.05, 0.1) is 16.5 Å². The average molecular weight is 386 g/mol. The third-order valence-electron chi connectivity index (χ3n) is 4.53. The Morgan fingerprint density at radius 2 is 1.68 bits per heavy atom. The highest BCUT2D eigenvalue weighted by atomic mass is 19.4. The van der Waals surface area contributed by atoms with E-state index >= 15 is 0 Å². The van der Waals surface area contributed by atoms with Gasteiger partial charge in [-0.2, -0.15) is 13.2 Å². The van der Waals surface area contributed by atoms with Gasteiger partial charge in [0.15, 0.2) is 5.82 Å². The highest BCUT2D eigenvalue weighted by molar-refractivity contribution is 5.82. The van der Waals surface area contributed by atoms with E-state index in [2.05, 4.69) is 10.2 Å². The van der Waals surface area contributed by atoms with Crippen molar-refractivity contribution in [1.29, 1.82) is 0 Å². The Bertz CT molecular complexity index is 1220. The molecule has 0 saturated heterocycles. The van der Waals surface area contributed by atoms with Crippen LogP contribution in [0.2, 0.25) is 0 Å². The maximum Gasteiger partial charge on any atom is 0.416 e. The Labute approximate surface area is 158 Å². The normalized spacial score (nSPS) is 12.4. The van der Waals surface area contributed by atoms with Crippen molar-refractivity contribution >= 4 is 16.7 Å². The number of aromatic nitrogens is 4. The molecule has 144 valence electrons. The van der Waals surface area contributed by atoms with E-state index < -0.39 is 11.7 Å². The molecule has 0 spiro atoms. The number of hydrogen-bond donors (Lipinski definition) is 0. The van der Waals surface area contributed by atoms with Crippen LogP contribution in [0.1, 0.15) is 19.4 Å². The molecule has 8 heteroatoms. The number of alkyl halides is 3. The predicted molar refractivity (Wildman–Crippen MR) is 100 cm³/mol. The van der Waals surface area contributed by atoms with Crippen molar-refractivity contribution in [2.75, 3.05) is 0 Å². The first-order valence-electron chi connectivity index (χ1n) is 8.81. The zero-order valence-corrected chi connectivity index (χ0v) is 15.2. The van der Waals surface area contributed by atoms with Gasteiger partial charge in [-0.15, -0.1) is 10.2 Å². The van der Waals surface area contributed by atoms with E-state index in [1.807, 2.05) is 13.8 Å². The number of fused-ring (bicyclic) bond motifs is 3. The van der Waals surface area contributed by atoms with Crippen molar-refractivity contribution in [1.82, 2.24) is 19.2 Å². The van der Waals surface area contributed by atoms with Gasteiger partial charge in [0.2, 0.25) is 5.78 Å². The van der Waals surface area contributed by atoms with Crippen molar-refractivity contribution in [3.63, 3.8) is 0 Å². The molecular formula is C20H17F3N4O. The summed E-state index contributed by atoms with van der Waals surface area (Å²) < 4.78 is 41.9. The van der Waals surface area contributed by atoms with Crippen molar-refractivity contribution in [2.24, 2.45) is 5.92 Å². The third kappa shape index (κ3) is 2.94. The maximum absolute atomic E-state index is 12.9. The summed E-state index contributed by atoms with van der Waals surface area (Å²) in [6.07, 6.45) is -4.41. The fraction of sp³-hybridized carbons (Fsp3) is 0.250. The minimum atomic E-state index is -4.41. The Morgan fingerprint density at radius 3 is 2.32 bits per heavy atom. The molecule has 5 nitrogen and oxygen atoms in total. The van der Waals surface area contributed by atoms with Crippen molar-refractivity contribution < 1.29 is 13.2 Å². The highest BCUT2D eigenvalue weighted by Crippen LogP contribution is 2.31. The molecule has 4 rings (SSSR count).